The Kier molecular flexibility index (Phi) is 5.63. The third-order valence-electron chi connectivity index (χ3n) is 3.73. The lowest BCUT2D eigenvalue weighted by Crippen LogP contribution is -2.42. The maximum atomic E-state index is 10.0. The summed E-state index contributed by atoms with van der Waals surface area (Å²) in [5.74, 6) is 1.18. The highest BCUT2D eigenvalue weighted by Crippen LogP contribution is 2.21. The average molecular weight is 335 g/mol. The molecular formula is C16H21N3O5. The van der Waals surface area contributed by atoms with Crippen LogP contribution in [0.3, 0.4) is 0 Å². The molecule has 2 aromatic rings. The Morgan fingerprint density at radius 2 is 2.00 bits per heavy atom. The first-order chi connectivity index (χ1) is 11.7. The van der Waals surface area contributed by atoms with Crippen molar-refractivity contribution in [2.24, 2.45) is 0 Å². The molecule has 0 bridgehead atoms. The molecule has 0 saturated carbocycles. The quantitative estimate of drug-likeness (QED) is 0.795. The van der Waals surface area contributed by atoms with E-state index in [-0.39, 0.29) is 12.7 Å². The molecule has 0 amide bonds. The van der Waals surface area contributed by atoms with Gasteiger partial charge in [-0.2, -0.15) is 4.98 Å². The van der Waals surface area contributed by atoms with Gasteiger partial charge in [-0.1, -0.05) is 5.16 Å². The van der Waals surface area contributed by atoms with Gasteiger partial charge in [-0.05, 0) is 24.3 Å². The lowest BCUT2D eigenvalue weighted by molar-refractivity contribution is 0.00103. The van der Waals surface area contributed by atoms with Gasteiger partial charge in [0.15, 0.2) is 0 Å². The molecule has 8 nitrogen and oxygen atoms in total. The van der Waals surface area contributed by atoms with Gasteiger partial charge in [0, 0.05) is 25.2 Å². The number of β-amino-alcohol motifs (C(OH)–C–C–N with tert-alkyl or cyclic N) is 1. The number of nitrogens with zero attached hydrogens (tertiary/aromatic N) is 3. The zero-order valence-corrected chi connectivity index (χ0v) is 13.6. The van der Waals surface area contributed by atoms with E-state index in [2.05, 4.69) is 15.0 Å². The number of morpholine rings is 1. The second kappa shape index (κ2) is 8.09. The molecule has 8 heteroatoms. The number of aliphatic hydroxyl groups is 1. The van der Waals surface area contributed by atoms with Gasteiger partial charge in [0.1, 0.15) is 18.5 Å². The van der Waals surface area contributed by atoms with Crippen molar-refractivity contribution in [1.82, 2.24) is 15.0 Å². The Hall–Kier alpha value is -2.16. The van der Waals surface area contributed by atoms with E-state index in [1.807, 2.05) is 24.3 Å². The fourth-order valence-electron chi connectivity index (χ4n) is 2.43. The van der Waals surface area contributed by atoms with E-state index in [4.69, 9.17) is 18.7 Å². The third kappa shape index (κ3) is 4.44. The molecule has 1 aliphatic rings. The van der Waals surface area contributed by atoms with Crippen molar-refractivity contribution in [3.05, 3.63) is 24.3 Å². The van der Waals surface area contributed by atoms with Gasteiger partial charge in [-0.25, -0.2) is 0 Å². The van der Waals surface area contributed by atoms with E-state index in [0.717, 1.165) is 24.4 Å². The monoisotopic (exact) mass is 335 g/mol. The largest absolute Gasteiger partial charge is 0.497 e. The Morgan fingerprint density at radius 3 is 2.71 bits per heavy atom. The number of benzene rings is 1. The second-order valence-corrected chi connectivity index (χ2v) is 5.49. The van der Waals surface area contributed by atoms with Gasteiger partial charge < -0.3 is 19.3 Å². The number of hydrogen-bond acceptors (Lipinski definition) is 8. The zero-order chi connectivity index (χ0) is 16.8. The summed E-state index contributed by atoms with van der Waals surface area (Å²) in [5, 5.41) is 13.9. The van der Waals surface area contributed by atoms with Crippen molar-refractivity contribution < 1.29 is 23.8 Å². The van der Waals surface area contributed by atoms with Crippen molar-refractivity contribution in [3.63, 3.8) is 0 Å². The maximum Gasteiger partial charge on any atom is 0.417 e. The van der Waals surface area contributed by atoms with Crippen molar-refractivity contribution in [3.8, 4) is 23.2 Å². The van der Waals surface area contributed by atoms with Crippen LogP contribution in [0.4, 0.5) is 0 Å². The predicted octanol–water partition coefficient (Wildman–Crippen LogP) is 0.817. The maximum absolute atomic E-state index is 10.0. The van der Waals surface area contributed by atoms with Gasteiger partial charge in [0.2, 0.25) is 5.82 Å². The Bertz CT molecular complexity index is 625. The van der Waals surface area contributed by atoms with Crippen molar-refractivity contribution in [2.75, 3.05) is 46.6 Å². The number of aliphatic hydroxyl groups excluding tert-OH is 1. The summed E-state index contributed by atoms with van der Waals surface area (Å²) in [4.78, 5) is 6.30. The van der Waals surface area contributed by atoms with E-state index >= 15 is 0 Å². The Morgan fingerprint density at radius 1 is 1.25 bits per heavy atom. The second-order valence-electron chi connectivity index (χ2n) is 5.49. The van der Waals surface area contributed by atoms with Crippen LogP contribution in [0.5, 0.6) is 11.8 Å². The molecule has 1 aromatic heterocycles. The lowest BCUT2D eigenvalue weighted by Gasteiger charge is -2.28. The predicted molar refractivity (Wildman–Crippen MR) is 85.0 cm³/mol. The van der Waals surface area contributed by atoms with Gasteiger partial charge >= 0.3 is 6.08 Å². The summed E-state index contributed by atoms with van der Waals surface area (Å²) in [6.45, 7) is 3.66. The van der Waals surface area contributed by atoms with Crippen molar-refractivity contribution in [2.45, 2.75) is 6.10 Å². The molecular weight excluding hydrogens is 314 g/mol. The van der Waals surface area contributed by atoms with E-state index < -0.39 is 6.10 Å². The third-order valence-corrected chi connectivity index (χ3v) is 3.73. The summed E-state index contributed by atoms with van der Waals surface area (Å²) in [5.41, 5.74) is 0.795. The Labute approximate surface area is 139 Å². The smallest absolute Gasteiger partial charge is 0.417 e. The molecule has 2 heterocycles. The summed E-state index contributed by atoms with van der Waals surface area (Å²) in [6, 6.07) is 7.30. The molecule has 24 heavy (non-hydrogen) atoms. The number of rotatable bonds is 7. The highest BCUT2D eigenvalue weighted by molar-refractivity contribution is 5.55. The van der Waals surface area contributed by atoms with Crippen LogP contribution in [-0.4, -0.2) is 72.8 Å². The fraction of sp³-hybridized carbons (Fsp3) is 0.500. The number of ether oxygens (including phenoxy) is 3. The van der Waals surface area contributed by atoms with E-state index in [1.165, 1.54) is 0 Å². The molecule has 1 aromatic carbocycles. The van der Waals surface area contributed by atoms with Crippen molar-refractivity contribution in [1.29, 1.82) is 0 Å². The minimum Gasteiger partial charge on any atom is -0.497 e. The number of hydrogen-bond donors (Lipinski definition) is 1. The number of methoxy groups -OCH3 is 1. The molecule has 1 N–H and O–H groups in total. The molecule has 1 fully saturated rings. The van der Waals surface area contributed by atoms with Gasteiger partial charge in [0.25, 0.3) is 0 Å². The fourth-order valence-corrected chi connectivity index (χ4v) is 2.43. The lowest BCUT2D eigenvalue weighted by atomic mass is 10.2. The highest BCUT2D eigenvalue weighted by Gasteiger charge is 2.17. The summed E-state index contributed by atoms with van der Waals surface area (Å²) >= 11 is 0. The van der Waals surface area contributed by atoms with Crippen molar-refractivity contribution >= 4 is 0 Å². The van der Waals surface area contributed by atoms with E-state index in [0.29, 0.717) is 25.6 Å². The van der Waals surface area contributed by atoms with Crippen LogP contribution < -0.4 is 9.47 Å². The first-order valence-electron chi connectivity index (χ1n) is 7.83. The summed E-state index contributed by atoms with van der Waals surface area (Å²) in [7, 11) is 1.61. The molecule has 0 aliphatic carbocycles. The average Bonchev–Trinajstić information content (AvgIpc) is 3.10. The molecule has 1 saturated heterocycles. The van der Waals surface area contributed by atoms with Crippen LogP contribution in [0.25, 0.3) is 11.4 Å². The molecule has 1 atom stereocenters. The van der Waals surface area contributed by atoms with Gasteiger partial charge in [-0.15, -0.1) is 0 Å². The molecule has 3 rings (SSSR count). The SMILES string of the molecule is COc1ccc(-c2noc(OCC(O)CN3CCOCC3)n2)cc1. The van der Waals surface area contributed by atoms with Gasteiger partial charge in [0.05, 0.1) is 20.3 Å². The first kappa shape index (κ1) is 16.7. The van der Waals surface area contributed by atoms with Crippen LogP contribution in [0.15, 0.2) is 28.8 Å². The molecule has 130 valence electrons. The normalized spacial score (nSPS) is 16.8. The van der Waals surface area contributed by atoms with Gasteiger partial charge in [-0.3, -0.25) is 9.42 Å². The summed E-state index contributed by atoms with van der Waals surface area (Å²) in [6.07, 6.45) is -0.582. The van der Waals surface area contributed by atoms with Crippen LogP contribution >= 0.6 is 0 Å². The first-order valence-corrected chi connectivity index (χ1v) is 7.83. The zero-order valence-electron chi connectivity index (χ0n) is 13.6. The topological polar surface area (TPSA) is 90.1 Å². The van der Waals surface area contributed by atoms with Crippen LogP contribution in [0.2, 0.25) is 0 Å². The number of aromatic nitrogens is 2. The van der Waals surface area contributed by atoms with Crippen LogP contribution in [-0.2, 0) is 4.74 Å². The van der Waals surface area contributed by atoms with Crippen LogP contribution in [0, 0.1) is 0 Å². The molecule has 0 spiro atoms. The minimum atomic E-state index is -0.626. The molecule has 1 unspecified atom stereocenters. The molecule has 0 radical (unpaired) electrons. The van der Waals surface area contributed by atoms with Crippen LogP contribution in [0.1, 0.15) is 0 Å². The molecule has 1 aliphatic heterocycles. The minimum absolute atomic E-state index is 0.0434. The van der Waals surface area contributed by atoms with E-state index in [1.54, 1.807) is 7.11 Å². The highest BCUT2D eigenvalue weighted by atomic mass is 16.6. The van der Waals surface area contributed by atoms with E-state index in [9.17, 15) is 5.11 Å². The Balaban J connectivity index is 1.49. The standard InChI is InChI=1S/C16H21N3O5/c1-21-14-4-2-12(3-5-14)15-17-16(24-18-15)23-11-13(20)10-19-6-8-22-9-7-19/h2-5,13,20H,6-11H2,1H3. The summed E-state index contributed by atoms with van der Waals surface area (Å²) < 4.78 is 20.8.